The molecule has 5 aromatic rings. The molecule has 1 aliphatic rings. The second-order valence-corrected chi connectivity index (χ2v) is 10.4. The van der Waals surface area contributed by atoms with Crippen molar-refractivity contribution < 1.29 is 9.59 Å². The van der Waals surface area contributed by atoms with Gasteiger partial charge in [-0.15, -0.1) is 0 Å². The van der Waals surface area contributed by atoms with Crippen LogP contribution < -0.4 is 10.3 Å². The van der Waals surface area contributed by atoms with Crippen molar-refractivity contribution in [3.63, 3.8) is 0 Å². The van der Waals surface area contributed by atoms with Crippen LogP contribution in [0, 0.1) is 0 Å². The van der Waals surface area contributed by atoms with Gasteiger partial charge in [0.15, 0.2) is 5.43 Å². The van der Waals surface area contributed by atoms with E-state index in [1.54, 1.807) is 18.2 Å². The first-order chi connectivity index (χ1) is 18.3. The summed E-state index contributed by atoms with van der Waals surface area (Å²) in [5.41, 5.74) is 5.24. The average Bonchev–Trinajstić information content (AvgIpc) is 3.18. The zero-order valence-corrected chi connectivity index (χ0v) is 21.9. The molecule has 0 fully saturated rings. The number of carbonyl (C=O) groups excluding carboxylic acids is 2. The molecule has 0 saturated carbocycles. The van der Waals surface area contributed by atoms with E-state index in [9.17, 15) is 14.4 Å². The SMILES string of the molecule is CC(C)c1cccc(C(C)C)c1N1C(=O)c2cccc(-n3c4ccccc4c(=O)c4ccccc43)c2C1=O. The molecular formula is C33H28N2O3. The lowest BCUT2D eigenvalue weighted by atomic mass is 9.92. The molecule has 0 atom stereocenters. The number of rotatable bonds is 4. The Balaban J connectivity index is 1.67. The van der Waals surface area contributed by atoms with Gasteiger partial charge in [-0.25, -0.2) is 4.90 Å². The maximum Gasteiger partial charge on any atom is 0.268 e. The monoisotopic (exact) mass is 500 g/mol. The number of amides is 2. The topological polar surface area (TPSA) is 59.4 Å². The van der Waals surface area contributed by atoms with Crippen LogP contribution in [-0.2, 0) is 0 Å². The standard InChI is InChI=1S/C33H28N2O3/c1-19(2)21-13-9-14-22(20(3)4)30(21)35-32(37)25-15-10-18-28(29(25)33(35)38)34-26-16-7-5-11-23(26)31(36)24-12-6-8-17-27(24)34/h5-20H,1-4H3. The first-order valence-electron chi connectivity index (χ1n) is 13.0. The van der Waals surface area contributed by atoms with Crippen molar-refractivity contribution in [2.24, 2.45) is 0 Å². The quantitative estimate of drug-likeness (QED) is 0.194. The van der Waals surface area contributed by atoms with E-state index < -0.39 is 0 Å². The van der Waals surface area contributed by atoms with Crippen LogP contribution in [0.2, 0.25) is 0 Å². The Morgan fingerprint density at radius 2 is 1.11 bits per heavy atom. The van der Waals surface area contributed by atoms with Gasteiger partial charge in [0.1, 0.15) is 0 Å². The zero-order chi connectivity index (χ0) is 26.7. The van der Waals surface area contributed by atoms with Gasteiger partial charge in [-0.2, -0.15) is 0 Å². The second kappa shape index (κ2) is 8.80. The fraction of sp³-hybridized carbons (Fsp3) is 0.182. The Morgan fingerprint density at radius 3 is 1.66 bits per heavy atom. The summed E-state index contributed by atoms with van der Waals surface area (Å²) in [6.07, 6.45) is 0. The Labute approximate surface area is 220 Å². The van der Waals surface area contributed by atoms with Gasteiger partial charge < -0.3 is 4.57 Å². The smallest absolute Gasteiger partial charge is 0.268 e. The number of nitrogens with zero attached hydrogens (tertiary/aromatic N) is 2. The summed E-state index contributed by atoms with van der Waals surface area (Å²) >= 11 is 0. The molecule has 4 aromatic carbocycles. The second-order valence-electron chi connectivity index (χ2n) is 10.4. The summed E-state index contributed by atoms with van der Waals surface area (Å²) in [7, 11) is 0. The van der Waals surface area contributed by atoms with E-state index in [0.29, 0.717) is 44.3 Å². The summed E-state index contributed by atoms with van der Waals surface area (Å²) in [4.78, 5) is 43.0. The van der Waals surface area contributed by atoms with Crippen LogP contribution in [-0.4, -0.2) is 16.4 Å². The van der Waals surface area contributed by atoms with Crippen LogP contribution in [0.15, 0.2) is 89.7 Å². The van der Waals surface area contributed by atoms with E-state index in [-0.39, 0.29) is 29.1 Å². The predicted octanol–water partition coefficient (Wildman–Crippen LogP) is 7.19. The molecule has 0 bridgehead atoms. The molecule has 1 aliphatic heterocycles. The summed E-state index contributed by atoms with van der Waals surface area (Å²) in [6, 6.07) is 26.2. The molecule has 0 N–H and O–H groups in total. The van der Waals surface area contributed by atoms with Gasteiger partial charge in [0, 0.05) is 10.8 Å². The summed E-state index contributed by atoms with van der Waals surface area (Å²) in [6.45, 7) is 8.30. The van der Waals surface area contributed by atoms with Gasteiger partial charge >= 0.3 is 0 Å². The molecule has 1 aromatic heterocycles. The maximum absolute atomic E-state index is 14.3. The number of anilines is 1. The third-order valence-electron chi connectivity index (χ3n) is 7.48. The molecule has 0 spiro atoms. The first kappa shape index (κ1) is 23.9. The van der Waals surface area contributed by atoms with Crippen molar-refractivity contribution in [2.75, 3.05) is 4.90 Å². The summed E-state index contributed by atoms with van der Waals surface area (Å²) in [5.74, 6) is -0.419. The highest BCUT2D eigenvalue weighted by atomic mass is 16.2. The number of aromatic nitrogens is 1. The summed E-state index contributed by atoms with van der Waals surface area (Å²) in [5, 5.41) is 1.12. The molecule has 2 amide bonds. The molecule has 5 nitrogen and oxygen atoms in total. The lowest BCUT2D eigenvalue weighted by Gasteiger charge is -2.25. The largest absolute Gasteiger partial charge is 0.308 e. The molecule has 0 radical (unpaired) electrons. The van der Waals surface area contributed by atoms with E-state index in [1.165, 1.54) is 4.90 Å². The van der Waals surface area contributed by atoms with Crippen LogP contribution in [0.25, 0.3) is 27.5 Å². The highest BCUT2D eigenvalue weighted by Crippen LogP contribution is 2.41. The fourth-order valence-electron chi connectivity index (χ4n) is 5.68. The van der Waals surface area contributed by atoms with Gasteiger partial charge in [-0.3, -0.25) is 14.4 Å². The van der Waals surface area contributed by atoms with Crippen molar-refractivity contribution >= 4 is 39.3 Å². The molecule has 6 rings (SSSR count). The number of imide groups is 1. The number of benzene rings is 4. The number of carbonyl (C=O) groups is 2. The lowest BCUT2D eigenvalue weighted by molar-refractivity contribution is 0.0925. The minimum absolute atomic E-state index is 0.0588. The average molecular weight is 501 g/mol. The third kappa shape index (κ3) is 3.35. The number of hydrogen-bond acceptors (Lipinski definition) is 3. The fourth-order valence-corrected chi connectivity index (χ4v) is 5.68. The molecule has 38 heavy (non-hydrogen) atoms. The number of pyridine rings is 1. The maximum atomic E-state index is 14.3. The molecule has 0 saturated heterocycles. The van der Waals surface area contributed by atoms with Crippen molar-refractivity contribution in [3.8, 4) is 5.69 Å². The molecule has 5 heteroatoms. The van der Waals surface area contributed by atoms with Gasteiger partial charge in [-0.05, 0) is 59.4 Å². The molecule has 0 unspecified atom stereocenters. The molecule has 188 valence electrons. The van der Waals surface area contributed by atoms with Gasteiger partial charge in [0.05, 0.1) is 33.5 Å². The minimum Gasteiger partial charge on any atom is -0.308 e. The van der Waals surface area contributed by atoms with Crippen molar-refractivity contribution in [2.45, 2.75) is 39.5 Å². The van der Waals surface area contributed by atoms with E-state index in [4.69, 9.17) is 0 Å². The highest BCUT2D eigenvalue weighted by Gasteiger charge is 2.41. The van der Waals surface area contributed by atoms with Crippen LogP contribution in [0.1, 0.15) is 71.4 Å². The van der Waals surface area contributed by atoms with Crippen molar-refractivity contribution in [1.82, 2.24) is 4.57 Å². The van der Waals surface area contributed by atoms with E-state index >= 15 is 0 Å². The van der Waals surface area contributed by atoms with Crippen LogP contribution in [0.5, 0.6) is 0 Å². The predicted molar refractivity (Wildman–Crippen MR) is 153 cm³/mol. The third-order valence-corrected chi connectivity index (χ3v) is 7.48. The summed E-state index contributed by atoms with van der Waals surface area (Å²) < 4.78 is 1.94. The first-order valence-corrected chi connectivity index (χ1v) is 13.0. The Hall–Kier alpha value is -4.51. The van der Waals surface area contributed by atoms with E-state index in [0.717, 1.165) is 11.1 Å². The lowest BCUT2D eigenvalue weighted by Crippen LogP contribution is -2.32. The number of hydrogen-bond donors (Lipinski definition) is 0. The van der Waals surface area contributed by atoms with Crippen molar-refractivity contribution in [3.05, 3.63) is 117 Å². The molecule has 2 heterocycles. The van der Waals surface area contributed by atoms with Crippen LogP contribution in [0.3, 0.4) is 0 Å². The van der Waals surface area contributed by atoms with Gasteiger partial charge in [0.25, 0.3) is 11.8 Å². The Kier molecular flexibility index (Phi) is 5.53. The van der Waals surface area contributed by atoms with Crippen LogP contribution in [0.4, 0.5) is 5.69 Å². The van der Waals surface area contributed by atoms with Gasteiger partial charge in [-0.1, -0.05) is 76.2 Å². The molecular weight excluding hydrogens is 472 g/mol. The Morgan fingerprint density at radius 1 is 0.579 bits per heavy atom. The minimum atomic E-state index is -0.345. The van der Waals surface area contributed by atoms with Gasteiger partial charge in [0.2, 0.25) is 0 Å². The normalized spacial score (nSPS) is 13.4. The zero-order valence-electron chi connectivity index (χ0n) is 21.9. The van der Waals surface area contributed by atoms with E-state index in [1.807, 2.05) is 71.3 Å². The highest BCUT2D eigenvalue weighted by molar-refractivity contribution is 6.36. The molecule has 0 aliphatic carbocycles. The number of fused-ring (bicyclic) bond motifs is 3. The number of para-hydroxylation sites is 3. The van der Waals surface area contributed by atoms with Crippen molar-refractivity contribution in [1.29, 1.82) is 0 Å². The Bertz CT molecular complexity index is 1760. The van der Waals surface area contributed by atoms with E-state index in [2.05, 4.69) is 27.7 Å². The van der Waals surface area contributed by atoms with Crippen LogP contribution >= 0.6 is 0 Å².